The van der Waals surface area contributed by atoms with E-state index in [1.54, 1.807) is 7.05 Å². The van der Waals surface area contributed by atoms with Gasteiger partial charge in [-0.1, -0.05) is 13.3 Å². The summed E-state index contributed by atoms with van der Waals surface area (Å²) in [5.41, 5.74) is 0. The molecule has 130 valence electrons. The second-order valence-corrected chi connectivity index (χ2v) is 5.45. The lowest BCUT2D eigenvalue weighted by Crippen LogP contribution is -2.46. The summed E-state index contributed by atoms with van der Waals surface area (Å²) in [4.78, 5) is 5.50. The third kappa shape index (κ3) is 8.43. The van der Waals surface area contributed by atoms with Gasteiger partial charge in [-0.25, -0.2) is 0 Å². The van der Waals surface area contributed by atoms with Crippen LogP contribution in [0.5, 0.6) is 0 Å². The van der Waals surface area contributed by atoms with Gasteiger partial charge in [0.2, 0.25) is 0 Å². The third-order valence-electron chi connectivity index (χ3n) is 3.42. The number of halogens is 3. The number of likely N-dealkylation sites (tertiary alicyclic amines) is 1. The molecular weight excluding hydrogens is 297 g/mol. The number of nitrogens with one attached hydrogen (secondary N) is 2. The van der Waals surface area contributed by atoms with Gasteiger partial charge in [0.25, 0.3) is 0 Å². The highest BCUT2D eigenvalue weighted by Gasteiger charge is 2.34. The Balaban J connectivity index is 2.18. The third-order valence-corrected chi connectivity index (χ3v) is 3.42. The summed E-state index contributed by atoms with van der Waals surface area (Å²) in [7, 11) is 1.65. The summed E-state index contributed by atoms with van der Waals surface area (Å²) in [6.07, 6.45) is -1.30. The molecular formula is C14H27F3N4O. The molecule has 1 rings (SSSR count). The molecule has 22 heavy (non-hydrogen) atoms. The predicted octanol–water partition coefficient (Wildman–Crippen LogP) is 1.60. The molecule has 0 bridgehead atoms. The van der Waals surface area contributed by atoms with Gasteiger partial charge in [-0.05, 0) is 12.8 Å². The molecule has 1 saturated heterocycles. The zero-order valence-corrected chi connectivity index (χ0v) is 13.4. The second kappa shape index (κ2) is 9.89. The number of hydrogen-bond acceptors (Lipinski definition) is 3. The Morgan fingerprint density at radius 1 is 1.36 bits per heavy atom. The molecule has 8 heteroatoms. The van der Waals surface area contributed by atoms with Crippen molar-refractivity contribution in [2.45, 2.75) is 38.4 Å². The smallest absolute Gasteiger partial charge is 0.380 e. The number of nitrogens with zero attached hydrogens (tertiary/aromatic N) is 2. The fraction of sp³-hybridized carbons (Fsp3) is 0.929. The minimum absolute atomic E-state index is 0.00504. The van der Waals surface area contributed by atoms with Crippen molar-refractivity contribution < 1.29 is 17.9 Å². The van der Waals surface area contributed by atoms with E-state index in [4.69, 9.17) is 4.74 Å². The van der Waals surface area contributed by atoms with E-state index in [1.165, 1.54) is 4.90 Å². The van der Waals surface area contributed by atoms with Crippen molar-refractivity contribution in [3.8, 4) is 0 Å². The molecule has 2 N–H and O–H groups in total. The van der Waals surface area contributed by atoms with Crippen LogP contribution in [0.2, 0.25) is 0 Å². The molecule has 0 spiro atoms. The first kappa shape index (κ1) is 19.0. The van der Waals surface area contributed by atoms with Crippen molar-refractivity contribution in [2.24, 2.45) is 4.99 Å². The van der Waals surface area contributed by atoms with E-state index in [1.807, 2.05) is 0 Å². The van der Waals surface area contributed by atoms with Crippen molar-refractivity contribution in [2.75, 3.05) is 46.4 Å². The minimum atomic E-state index is -4.13. The number of rotatable bonds is 8. The van der Waals surface area contributed by atoms with Crippen molar-refractivity contribution in [3.63, 3.8) is 0 Å². The minimum Gasteiger partial charge on any atom is -0.380 e. The van der Waals surface area contributed by atoms with Crippen molar-refractivity contribution in [3.05, 3.63) is 0 Å². The Morgan fingerprint density at radius 3 is 2.77 bits per heavy atom. The second-order valence-electron chi connectivity index (χ2n) is 5.45. The fourth-order valence-electron chi connectivity index (χ4n) is 2.33. The van der Waals surface area contributed by atoms with Gasteiger partial charge in [0.15, 0.2) is 5.96 Å². The lowest BCUT2D eigenvalue weighted by molar-refractivity contribution is -0.143. The van der Waals surface area contributed by atoms with Gasteiger partial charge in [0.1, 0.15) is 0 Å². The van der Waals surface area contributed by atoms with Crippen LogP contribution in [0.15, 0.2) is 4.99 Å². The Kier molecular flexibility index (Phi) is 8.55. The first-order chi connectivity index (χ1) is 10.4. The maximum Gasteiger partial charge on any atom is 0.401 e. The maximum atomic E-state index is 12.3. The summed E-state index contributed by atoms with van der Waals surface area (Å²) < 4.78 is 42.5. The normalized spacial score (nSPS) is 20.4. The van der Waals surface area contributed by atoms with Crippen LogP contribution in [0.4, 0.5) is 13.2 Å². The van der Waals surface area contributed by atoms with Gasteiger partial charge in [-0.3, -0.25) is 9.89 Å². The quantitative estimate of drug-likeness (QED) is 0.405. The molecule has 5 nitrogen and oxygen atoms in total. The topological polar surface area (TPSA) is 48.9 Å². The van der Waals surface area contributed by atoms with E-state index in [0.29, 0.717) is 38.6 Å². The van der Waals surface area contributed by atoms with Gasteiger partial charge < -0.3 is 15.4 Å². The van der Waals surface area contributed by atoms with Gasteiger partial charge in [0, 0.05) is 39.3 Å². The zero-order valence-electron chi connectivity index (χ0n) is 13.4. The monoisotopic (exact) mass is 324 g/mol. The molecule has 0 aromatic heterocycles. The average molecular weight is 324 g/mol. The number of guanidine groups is 1. The lowest BCUT2D eigenvalue weighted by Gasteiger charge is -2.19. The molecule has 0 radical (unpaired) electrons. The van der Waals surface area contributed by atoms with Crippen LogP contribution in [-0.4, -0.2) is 69.5 Å². The van der Waals surface area contributed by atoms with Crippen LogP contribution < -0.4 is 10.6 Å². The largest absolute Gasteiger partial charge is 0.401 e. The van der Waals surface area contributed by atoms with Gasteiger partial charge in [-0.15, -0.1) is 0 Å². The van der Waals surface area contributed by atoms with Crippen LogP contribution in [0.3, 0.4) is 0 Å². The van der Waals surface area contributed by atoms with E-state index in [0.717, 1.165) is 19.4 Å². The molecule has 0 aromatic rings. The number of unbranched alkanes of at least 4 members (excludes halogenated alkanes) is 1. The summed E-state index contributed by atoms with van der Waals surface area (Å²) >= 11 is 0. The standard InChI is InChI=1S/C14H27F3N4O/c1-3-4-8-22-9-6-19-13(18-2)20-12-5-7-21(10-12)11-14(15,16)17/h12H,3-11H2,1-2H3,(H2,18,19,20). The Bertz CT molecular complexity index is 337. The average Bonchev–Trinajstić information content (AvgIpc) is 2.86. The van der Waals surface area contributed by atoms with Gasteiger partial charge >= 0.3 is 6.18 Å². The summed E-state index contributed by atoms with van der Waals surface area (Å²) in [6.45, 7) is 4.06. The molecule has 1 aliphatic rings. The molecule has 0 aromatic carbocycles. The molecule has 1 fully saturated rings. The van der Waals surface area contributed by atoms with E-state index in [-0.39, 0.29) is 6.04 Å². The van der Waals surface area contributed by atoms with Gasteiger partial charge in [-0.2, -0.15) is 13.2 Å². The maximum absolute atomic E-state index is 12.3. The molecule has 0 saturated carbocycles. The first-order valence-corrected chi connectivity index (χ1v) is 7.78. The summed E-state index contributed by atoms with van der Waals surface area (Å²) in [5, 5.41) is 6.27. The highest BCUT2D eigenvalue weighted by molar-refractivity contribution is 5.80. The van der Waals surface area contributed by atoms with E-state index < -0.39 is 12.7 Å². The van der Waals surface area contributed by atoms with E-state index in [9.17, 15) is 13.2 Å². The number of alkyl halides is 3. The van der Waals surface area contributed by atoms with Crippen LogP contribution in [0, 0.1) is 0 Å². The van der Waals surface area contributed by atoms with Crippen LogP contribution in [-0.2, 0) is 4.74 Å². The molecule has 0 amide bonds. The van der Waals surface area contributed by atoms with Crippen molar-refractivity contribution in [1.82, 2.24) is 15.5 Å². The number of aliphatic imine (C=N–C) groups is 1. The molecule has 1 aliphatic heterocycles. The zero-order chi connectivity index (χ0) is 16.4. The van der Waals surface area contributed by atoms with Crippen LogP contribution in [0.1, 0.15) is 26.2 Å². The summed E-state index contributed by atoms with van der Waals surface area (Å²) in [5.74, 6) is 0.609. The molecule has 1 heterocycles. The fourth-order valence-corrected chi connectivity index (χ4v) is 2.33. The SMILES string of the molecule is CCCCOCCNC(=NC)NC1CCN(CC(F)(F)F)C1. The highest BCUT2D eigenvalue weighted by atomic mass is 19.4. The summed E-state index contributed by atoms with van der Waals surface area (Å²) in [6, 6.07) is -0.00504. The Morgan fingerprint density at radius 2 is 2.14 bits per heavy atom. The predicted molar refractivity (Wildman–Crippen MR) is 81.1 cm³/mol. The molecule has 1 atom stereocenters. The first-order valence-electron chi connectivity index (χ1n) is 7.78. The molecule has 0 aliphatic carbocycles. The van der Waals surface area contributed by atoms with Crippen molar-refractivity contribution >= 4 is 5.96 Å². The number of ether oxygens (including phenoxy) is 1. The van der Waals surface area contributed by atoms with Crippen LogP contribution >= 0.6 is 0 Å². The van der Waals surface area contributed by atoms with Crippen molar-refractivity contribution in [1.29, 1.82) is 0 Å². The van der Waals surface area contributed by atoms with Gasteiger partial charge in [0.05, 0.1) is 13.2 Å². The Hall–Kier alpha value is -1.02. The molecule has 1 unspecified atom stereocenters. The van der Waals surface area contributed by atoms with Crippen LogP contribution in [0.25, 0.3) is 0 Å². The van der Waals surface area contributed by atoms with E-state index in [2.05, 4.69) is 22.5 Å². The Labute approximate surface area is 130 Å². The highest BCUT2D eigenvalue weighted by Crippen LogP contribution is 2.19. The lowest BCUT2D eigenvalue weighted by atomic mass is 10.3. The van der Waals surface area contributed by atoms with E-state index >= 15 is 0 Å². The number of hydrogen-bond donors (Lipinski definition) is 2.